The van der Waals surface area contributed by atoms with Crippen LogP contribution in [0.5, 0.6) is 0 Å². The van der Waals surface area contributed by atoms with Gasteiger partial charge in [-0.2, -0.15) is 10.2 Å². The van der Waals surface area contributed by atoms with E-state index in [0.717, 1.165) is 35.6 Å². The molecule has 1 aliphatic heterocycles. The number of rotatable bonds is 3. The van der Waals surface area contributed by atoms with E-state index < -0.39 is 0 Å². The summed E-state index contributed by atoms with van der Waals surface area (Å²) in [5.41, 5.74) is 5.61. The number of aromatic nitrogens is 5. The van der Waals surface area contributed by atoms with Gasteiger partial charge in [-0.05, 0) is 38.5 Å². The molecule has 1 atom stereocenters. The topological polar surface area (TPSA) is 60.9 Å². The molecule has 0 spiro atoms. The van der Waals surface area contributed by atoms with E-state index in [1.807, 2.05) is 43.6 Å². The summed E-state index contributed by atoms with van der Waals surface area (Å²) in [6.07, 6.45) is 2.98. The van der Waals surface area contributed by atoms with Crippen LogP contribution in [0.1, 0.15) is 47.0 Å². The van der Waals surface area contributed by atoms with Crippen LogP contribution in [0.25, 0.3) is 11.3 Å². The second-order valence-corrected chi connectivity index (χ2v) is 7.26. The molecule has 0 aromatic carbocycles. The second kappa shape index (κ2) is 6.40. The van der Waals surface area contributed by atoms with E-state index in [2.05, 4.69) is 40.0 Å². The summed E-state index contributed by atoms with van der Waals surface area (Å²) in [5, 5.41) is 9.10. The van der Waals surface area contributed by atoms with E-state index >= 15 is 0 Å². The fourth-order valence-electron chi connectivity index (χ4n) is 4.22. The van der Waals surface area contributed by atoms with Crippen LogP contribution >= 0.6 is 0 Å². The molecule has 7 nitrogen and oxygen atoms in total. The molecule has 0 aliphatic carbocycles. The molecule has 0 fully saturated rings. The molecule has 0 bridgehead atoms. The minimum atomic E-state index is 0.0368. The van der Waals surface area contributed by atoms with Gasteiger partial charge in [0, 0.05) is 50.3 Å². The zero-order valence-electron chi connectivity index (χ0n) is 16.6. The molecule has 1 amide bonds. The van der Waals surface area contributed by atoms with Gasteiger partial charge in [0.05, 0.1) is 17.4 Å². The van der Waals surface area contributed by atoms with Gasteiger partial charge in [0.25, 0.3) is 5.91 Å². The van der Waals surface area contributed by atoms with Crippen molar-refractivity contribution >= 4 is 5.91 Å². The number of nitrogens with zero attached hydrogens (tertiary/aromatic N) is 6. The van der Waals surface area contributed by atoms with Gasteiger partial charge in [0.1, 0.15) is 5.69 Å². The molecule has 4 rings (SSSR count). The van der Waals surface area contributed by atoms with Crippen LogP contribution in [-0.2, 0) is 20.6 Å². The van der Waals surface area contributed by atoms with Crippen molar-refractivity contribution in [2.24, 2.45) is 14.1 Å². The van der Waals surface area contributed by atoms with Crippen LogP contribution in [-0.4, -0.2) is 41.5 Å². The van der Waals surface area contributed by atoms with Crippen molar-refractivity contribution < 1.29 is 4.79 Å². The van der Waals surface area contributed by atoms with Crippen molar-refractivity contribution in [1.29, 1.82) is 0 Å². The SMILES string of the molecule is CCC1c2cccn2CCN1C(=O)c1cc(-c2c(C)nn(C)c2C)nn1C. The summed E-state index contributed by atoms with van der Waals surface area (Å²) in [4.78, 5) is 15.4. The first kappa shape index (κ1) is 17.6. The van der Waals surface area contributed by atoms with E-state index in [1.54, 1.807) is 4.68 Å². The molecule has 0 saturated carbocycles. The lowest BCUT2D eigenvalue weighted by molar-refractivity contribution is 0.0606. The Morgan fingerprint density at radius 3 is 2.63 bits per heavy atom. The van der Waals surface area contributed by atoms with Crippen molar-refractivity contribution in [2.45, 2.75) is 39.8 Å². The third-order valence-electron chi connectivity index (χ3n) is 5.68. The van der Waals surface area contributed by atoms with Crippen LogP contribution in [0.15, 0.2) is 24.4 Å². The van der Waals surface area contributed by atoms with Crippen molar-refractivity contribution in [1.82, 2.24) is 29.0 Å². The monoisotopic (exact) mass is 366 g/mol. The van der Waals surface area contributed by atoms with Gasteiger partial charge >= 0.3 is 0 Å². The zero-order chi connectivity index (χ0) is 19.3. The average Bonchev–Trinajstić information content (AvgIpc) is 3.32. The van der Waals surface area contributed by atoms with Crippen molar-refractivity contribution in [3.63, 3.8) is 0 Å². The third kappa shape index (κ3) is 2.69. The Morgan fingerprint density at radius 1 is 1.19 bits per heavy atom. The van der Waals surface area contributed by atoms with Gasteiger partial charge in [-0.15, -0.1) is 0 Å². The van der Waals surface area contributed by atoms with Crippen LogP contribution < -0.4 is 0 Å². The van der Waals surface area contributed by atoms with Gasteiger partial charge in [0.15, 0.2) is 0 Å². The minimum Gasteiger partial charge on any atom is -0.348 e. The molecule has 4 heterocycles. The highest BCUT2D eigenvalue weighted by Crippen LogP contribution is 2.31. The normalized spacial score (nSPS) is 16.6. The van der Waals surface area contributed by atoms with Crippen molar-refractivity contribution in [2.75, 3.05) is 6.54 Å². The summed E-state index contributed by atoms with van der Waals surface area (Å²) >= 11 is 0. The Balaban J connectivity index is 1.70. The van der Waals surface area contributed by atoms with Gasteiger partial charge in [0.2, 0.25) is 0 Å². The quantitative estimate of drug-likeness (QED) is 0.716. The summed E-state index contributed by atoms with van der Waals surface area (Å²) in [5.74, 6) is 0.0368. The van der Waals surface area contributed by atoms with E-state index in [-0.39, 0.29) is 11.9 Å². The molecule has 1 unspecified atom stereocenters. The molecule has 142 valence electrons. The van der Waals surface area contributed by atoms with Gasteiger partial charge in [-0.25, -0.2) is 0 Å². The number of carbonyl (C=O) groups is 1. The summed E-state index contributed by atoms with van der Waals surface area (Å²) in [6.45, 7) is 7.67. The van der Waals surface area contributed by atoms with Crippen LogP contribution in [0.4, 0.5) is 0 Å². The van der Waals surface area contributed by atoms with Gasteiger partial charge in [-0.1, -0.05) is 6.92 Å². The number of aryl methyl sites for hydroxylation is 3. The Labute approximate surface area is 159 Å². The van der Waals surface area contributed by atoms with Crippen molar-refractivity contribution in [3.05, 3.63) is 47.2 Å². The van der Waals surface area contributed by atoms with Crippen molar-refractivity contribution in [3.8, 4) is 11.3 Å². The maximum atomic E-state index is 13.4. The number of amides is 1. The number of hydrogen-bond acceptors (Lipinski definition) is 3. The highest BCUT2D eigenvalue weighted by Gasteiger charge is 2.32. The van der Waals surface area contributed by atoms with Gasteiger partial charge in [-0.3, -0.25) is 14.2 Å². The molecule has 0 N–H and O–H groups in total. The molecule has 27 heavy (non-hydrogen) atoms. The summed E-state index contributed by atoms with van der Waals surface area (Å²) in [6, 6.07) is 6.17. The number of hydrogen-bond donors (Lipinski definition) is 0. The third-order valence-corrected chi connectivity index (χ3v) is 5.68. The highest BCUT2D eigenvalue weighted by atomic mass is 16.2. The number of fused-ring (bicyclic) bond motifs is 1. The molecule has 0 saturated heterocycles. The van der Waals surface area contributed by atoms with Crippen LogP contribution in [0.2, 0.25) is 0 Å². The van der Waals surface area contributed by atoms with Gasteiger partial charge < -0.3 is 9.47 Å². The molecule has 0 radical (unpaired) electrons. The average molecular weight is 366 g/mol. The largest absolute Gasteiger partial charge is 0.348 e. The first-order valence-corrected chi connectivity index (χ1v) is 9.43. The van der Waals surface area contributed by atoms with E-state index in [1.165, 1.54) is 5.69 Å². The lowest BCUT2D eigenvalue weighted by Gasteiger charge is -2.36. The maximum Gasteiger partial charge on any atom is 0.272 e. The van der Waals surface area contributed by atoms with E-state index in [9.17, 15) is 4.79 Å². The standard InChI is InChI=1S/C20H26N6O/c1-6-16-17-8-7-9-25(17)10-11-26(16)20(27)18-12-15(22-24(18)5)19-13(2)21-23(4)14(19)3/h7-9,12,16H,6,10-11H2,1-5H3. The van der Waals surface area contributed by atoms with E-state index in [0.29, 0.717) is 12.2 Å². The molecular weight excluding hydrogens is 340 g/mol. The molecule has 3 aromatic heterocycles. The molecule has 3 aromatic rings. The first-order chi connectivity index (χ1) is 12.9. The fraction of sp³-hybridized carbons (Fsp3) is 0.450. The Kier molecular flexibility index (Phi) is 4.17. The zero-order valence-corrected chi connectivity index (χ0v) is 16.6. The lowest BCUT2D eigenvalue weighted by Crippen LogP contribution is -2.42. The minimum absolute atomic E-state index is 0.0368. The van der Waals surface area contributed by atoms with Crippen LogP contribution in [0.3, 0.4) is 0 Å². The predicted molar refractivity (Wildman–Crippen MR) is 103 cm³/mol. The Morgan fingerprint density at radius 2 is 1.96 bits per heavy atom. The smallest absolute Gasteiger partial charge is 0.272 e. The lowest BCUT2D eigenvalue weighted by atomic mass is 10.1. The highest BCUT2D eigenvalue weighted by molar-refractivity contribution is 5.94. The molecular formula is C20H26N6O. The second-order valence-electron chi connectivity index (χ2n) is 7.26. The predicted octanol–water partition coefficient (Wildman–Crippen LogP) is 2.85. The summed E-state index contributed by atoms with van der Waals surface area (Å²) < 4.78 is 5.80. The summed E-state index contributed by atoms with van der Waals surface area (Å²) in [7, 11) is 3.76. The Bertz CT molecular complexity index is 1010. The van der Waals surface area contributed by atoms with Crippen LogP contribution in [0, 0.1) is 13.8 Å². The maximum absolute atomic E-state index is 13.4. The fourth-order valence-corrected chi connectivity index (χ4v) is 4.22. The first-order valence-electron chi connectivity index (χ1n) is 9.43. The van der Waals surface area contributed by atoms with E-state index in [4.69, 9.17) is 0 Å². The molecule has 7 heteroatoms. The Hall–Kier alpha value is -2.83. The number of carbonyl (C=O) groups excluding carboxylic acids is 1. The molecule has 1 aliphatic rings.